The van der Waals surface area contributed by atoms with Gasteiger partial charge >= 0.3 is 0 Å². The minimum atomic E-state index is -0.195. The number of carbonyl (C=O) groups excluding carboxylic acids is 1. The predicted octanol–water partition coefficient (Wildman–Crippen LogP) is 2.98. The van der Waals surface area contributed by atoms with Crippen molar-refractivity contribution in [3.8, 4) is 11.4 Å². The minimum Gasteiger partial charge on any atom is -0.344 e. The van der Waals surface area contributed by atoms with Gasteiger partial charge in [0.2, 0.25) is 17.6 Å². The lowest BCUT2D eigenvalue weighted by molar-refractivity contribution is -0.120. The molecule has 1 unspecified atom stereocenters. The molecule has 1 aromatic carbocycles. The molecule has 1 heterocycles. The van der Waals surface area contributed by atoms with Crippen molar-refractivity contribution in [3.63, 3.8) is 0 Å². The van der Waals surface area contributed by atoms with Gasteiger partial charge in [0, 0.05) is 19.0 Å². The summed E-state index contributed by atoms with van der Waals surface area (Å²) in [5.74, 6) is 1.32. The molecule has 1 amide bonds. The third-order valence-electron chi connectivity index (χ3n) is 4.39. The first kappa shape index (κ1) is 18.4. The van der Waals surface area contributed by atoms with Crippen LogP contribution in [-0.4, -0.2) is 16.0 Å². The Morgan fingerprint density at radius 3 is 2.58 bits per heavy atom. The summed E-state index contributed by atoms with van der Waals surface area (Å²) in [4.78, 5) is 16.0. The summed E-state index contributed by atoms with van der Waals surface area (Å²) in [5, 5.41) is 7.04. The van der Waals surface area contributed by atoms with Crippen molar-refractivity contribution in [3.05, 3.63) is 35.7 Å². The van der Waals surface area contributed by atoms with Gasteiger partial charge in [0.25, 0.3) is 0 Å². The van der Waals surface area contributed by atoms with E-state index in [-0.39, 0.29) is 24.4 Å². The highest BCUT2D eigenvalue weighted by Gasteiger charge is 2.31. The zero-order chi connectivity index (χ0) is 16.2. The Balaban J connectivity index is 0.00000208. The highest BCUT2D eigenvalue weighted by atomic mass is 35.5. The zero-order valence-electron chi connectivity index (χ0n) is 13.7. The maximum absolute atomic E-state index is 11.5. The molecule has 0 radical (unpaired) electrons. The van der Waals surface area contributed by atoms with E-state index in [1.165, 1.54) is 19.8 Å². The fraction of sp³-hybridized carbons (Fsp3) is 0.471. The van der Waals surface area contributed by atoms with E-state index in [2.05, 4.69) is 15.5 Å². The van der Waals surface area contributed by atoms with Gasteiger partial charge in [-0.25, -0.2) is 0 Å². The average Bonchev–Trinajstić information content (AvgIpc) is 3.24. The van der Waals surface area contributed by atoms with Gasteiger partial charge < -0.3 is 15.6 Å². The van der Waals surface area contributed by atoms with Crippen LogP contribution in [0.15, 0.2) is 28.8 Å². The lowest BCUT2D eigenvalue weighted by Gasteiger charge is -2.20. The Morgan fingerprint density at radius 1 is 1.33 bits per heavy atom. The number of hydrogen-bond donors (Lipinski definition) is 2. The Labute approximate surface area is 147 Å². The quantitative estimate of drug-likeness (QED) is 0.864. The molecule has 3 N–H and O–H groups in total. The molecule has 1 aliphatic rings. The van der Waals surface area contributed by atoms with Crippen molar-refractivity contribution in [2.45, 2.75) is 45.2 Å². The SMILES string of the molecule is CC(=O)NC(c1nc(-c2ccc(CN)cc2)no1)C1CCCC1.Cl. The number of benzene rings is 1. The summed E-state index contributed by atoms with van der Waals surface area (Å²) in [6.45, 7) is 2.02. The van der Waals surface area contributed by atoms with E-state index in [0.29, 0.717) is 24.2 Å². The van der Waals surface area contributed by atoms with Crippen LogP contribution in [0, 0.1) is 5.92 Å². The molecule has 2 aromatic rings. The summed E-state index contributed by atoms with van der Waals surface area (Å²) in [5.41, 5.74) is 7.54. The van der Waals surface area contributed by atoms with Crippen LogP contribution in [-0.2, 0) is 11.3 Å². The van der Waals surface area contributed by atoms with E-state index in [1.807, 2.05) is 24.3 Å². The van der Waals surface area contributed by atoms with Crippen LogP contribution in [0.1, 0.15) is 50.1 Å². The van der Waals surface area contributed by atoms with Crippen molar-refractivity contribution < 1.29 is 9.32 Å². The largest absolute Gasteiger partial charge is 0.344 e. The van der Waals surface area contributed by atoms with Gasteiger partial charge in [-0.3, -0.25) is 4.79 Å². The summed E-state index contributed by atoms with van der Waals surface area (Å²) < 4.78 is 5.45. The third-order valence-corrected chi connectivity index (χ3v) is 4.39. The first-order valence-electron chi connectivity index (χ1n) is 8.07. The number of nitrogens with two attached hydrogens (primary N) is 1. The van der Waals surface area contributed by atoms with E-state index in [1.54, 1.807) is 0 Å². The second-order valence-electron chi connectivity index (χ2n) is 6.08. The third kappa shape index (κ3) is 4.13. The van der Waals surface area contributed by atoms with Crippen molar-refractivity contribution in [1.29, 1.82) is 0 Å². The predicted molar refractivity (Wildman–Crippen MR) is 93.4 cm³/mol. The fourth-order valence-corrected chi connectivity index (χ4v) is 3.16. The average molecular weight is 351 g/mol. The maximum atomic E-state index is 11.5. The summed E-state index contributed by atoms with van der Waals surface area (Å²) in [7, 11) is 0. The first-order chi connectivity index (χ1) is 11.2. The molecular weight excluding hydrogens is 328 g/mol. The van der Waals surface area contributed by atoms with Gasteiger partial charge in [-0.1, -0.05) is 42.3 Å². The highest BCUT2D eigenvalue weighted by molar-refractivity contribution is 5.85. The van der Waals surface area contributed by atoms with Crippen molar-refractivity contribution in [1.82, 2.24) is 15.5 Å². The standard InChI is InChI=1S/C17H22N4O2.ClH/c1-11(22)19-15(13-4-2-3-5-13)17-20-16(21-23-17)14-8-6-12(10-18)7-9-14;/h6-9,13,15H,2-5,10,18H2,1H3,(H,19,22);1H. The van der Waals surface area contributed by atoms with Crippen LogP contribution in [0.25, 0.3) is 11.4 Å². The number of amides is 1. The van der Waals surface area contributed by atoms with Gasteiger partial charge in [0.1, 0.15) is 6.04 Å². The van der Waals surface area contributed by atoms with Gasteiger partial charge in [-0.15, -0.1) is 12.4 Å². The molecule has 1 aromatic heterocycles. The first-order valence-corrected chi connectivity index (χ1v) is 8.07. The monoisotopic (exact) mass is 350 g/mol. The Kier molecular flexibility index (Phi) is 6.34. The van der Waals surface area contributed by atoms with E-state index >= 15 is 0 Å². The lowest BCUT2D eigenvalue weighted by atomic mass is 9.98. The van der Waals surface area contributed by atoms with E-state index in [4.69, 9.17) is 10.3 Å². The molecule has 1 saturated carbocycles. The lowest BCUT2D eigenvalue weighted by Crippen LogP contribution is -2.31. The molecule has 0 spiro atoms. The number of nitrogens with zero attached hydrogens (tertiary/aromatic N) is 2. The number of rotatable bonds is 5. The molecule has 0 bridgehead atoms. The number of halogens is 1. The minimum absolute atomic E-state index is 0. The van der Waals surface area contributed by atoms with Crippen molar-refractivity contribution in [2.75, 3.05) is 0 Å². The smallest absolute Gasteiger partial charge is 0.249 e. The number of carbonyl (C=O) groups is 1. The Bertz CT molecular complexity index is 665. The van der Waals surface area contributed by atoms with Gasteiger partial charge in [0.15, 0.2) is 0 Å². The molecule has 0 aliphatic heterocycles. The Hall–Kier alpha value is -1.92. The number of hydrogen-bond acceptors (Lipinski definition) is 5. The van der Waals surface area contributed by atoms with Crippen LogP contribution < -0.4 is 11.1 Å². The van der Waals surface area contributed by atoms with Crippen LogP contribution in [0.2, 0.25) is 0 Å². The molecule has 6 nitrogen and oxygen atoms in total. The molecule has 7 heteroatoms. The molecule has 1 aliphatic carbocycles. The van der Waals surface area contributed by atoms with Crippen LogP contribution in [0.3, 0.4) is 0 Å². The fourth-order valence-electron chi connectivity index (χ4n) is 3.16. The molecule has 0 saturated heterocycles. The number of nitrogens with one attached hydrogen (secondary N) is 1. The molecule has 1 atom stereocenters. The van der Waals surface area contributed by atoms with Gasteiger partial charge in [0.05, 0.1) is 0 Å². The molecule has 130 valence electrons. The van der Waals surface area contributed by atoms with Crippen LogP contribution in [0.4, 0.5) is 0 Å². The molecule has 24 heavy (non-hydrogen) atoms. The van der Waals surface area contributed by atoms with Crippen LogP contribution >= 0.6 is 12.4 Å². The summed E-state index contributed by atoms with van der Waals surface area (Å²) in [6, 6.07) is 7.57. The normalized spacial score (nSPS) is 15.8. The molecule has 3 rings (SSSR count). The Morgan fingerprint density at radius 2 is 2.00 bits per heavy atom. The molecular formula is C17H23ClN4O2. The van der Waals surface area contributed by atoms with E-state index < -0.39 is 0 Å². The second-order valence-corrected chi connectivity index (χ2v) is 6.08. The van der Waals surface area contributed by atoms with E-state index in [9.17, 15) is 4.79 Å². The summed E-state index contributed by atoms with van der Waals surface area (Å²) in [6.07, 6.45) is 4.52. The van der Waals surface area contributed by atoms with Crippen molar-refractivity contribution in [2.24, 2.45) is 11.7 Å². The maximum Gasteiger partial charge on any atom is 0.249 e. The summed E-state index contributed by atoms with van der Waals surface area (Å²) >= 11 is 0. The van der Waals surface area contributed by atoms with Gasteiger partial charge in [-0.05, 0) is 24.3 Å². The second kappa shape index (κ2) is 8.26. The molecule has 1 fully saturated rings. The van der Waals surface area contributed by atoms with Crippen molar-refractivity contribution >= 4 is 18.3 Å². The van der Waals surface area contributed by atoms with E-state index in [0.717, 1.165) is 24.0 Å². The topological polar surface area (TPSA) is 94.0 Å². The number of aromatic nitrogens is 2. The van der Waals surface area contributed by atoms with Crippen LogP contribution in [0.5, 0.6) is 0 Å². The highest BCUT2D eigenvalue weighted by Crippen LogP contribution is 2.35. The zero-order valence-corrected chi connectivity index (χ0v) is 14.5. The van der Waals surface area contributed by atoms with Gasteiger partial charge in [-0.2, -0.15) is 4.98 Å².